The zero-order valence-electron chi connectivity index (χ0n) is 16.8. The molecule has 3 rings (SSSR count). The van der Waals surface area contributed by atoms with E-state index in [0.29, 0.717) is 37.6 Å². The van der Waals surface area contributed by atoms with Crippen LogP contribution in [0.3, 0.4) is 0 Å². The molecule has 1 aromatic heterocycles. The van der Waals surface area contributed by atoms with Crippen LogP contribution in [0.15, 0.2) is 35.0 Å². The first kappa shape index (κ1) is 21.1. The van der Waals surface area contributed by atoms with Crippen LogP contribution in [0.1, 0.15) is 15.9 Å². The van der Waals surface area contributed by atoms with Crippen molar-refractivity contribution in [3.05, 3.63) is 46.2 Å². The lowest BCUT2D eigenvalue weighted by atomic mass is 10.1. The Hall–Kier alpha value is -2.58. The van der Waals surface area contributed by atoms with E-state index in [4.69, 9.17) is 9.47 Å². The van der Waals surface area contributed by atoms with Gasteiger partial charge in [-0.2, -0.15) is 11.3 Å². The molecular formula is C21H27N3O4S. The van der Waals surface area contributed by atoms with Gasteiger partial charge < -0.3 is 19.7 Å². The van der Waals surface area contributed by atoms with Crippen molar-refractivity contribution in [2.24, 2.45) is 0 Å². The van der Waals surface area contributed by atoms with E-state index >= 15 is 0 Å². The number of thiophene rings is 1. The summed E-state index contributed by atoms with van der Waals surface area (Å²) in [6, 6.07) is 7.36. The molecule has 0 bridgehead atoms. The van der Waals surface area contributed by atoms with Gasteiger partial charge in [-0.15, -0.1) is 0 Å². The average molecular weight is 418 g/mol. The molecule has 29 heavy (non-hydrogen) atoms. The number of amides is 2. The normalized spacial score (nSPS) is 14.5. The molecule has 0 spiro atoms. The number of rotatable bonds is 8. The summed E-state index contributed by atoms with van der Waals surface area (Å²) < 4.78 is 10.5. The van der Waals surface area contributed by atoms with E-state index in [0.717, 1.165) is 30.8 Å². The van der Waals surface area contributed by atoms with Crippen molar-refractivity contribution in [3.63, 3.8) is 0 Å². The number of nitrogens with one attached hydrogen (secondary N) is 1. The number of carbonyl (C=O) groups is 2. The molecule has 2 aromatic rings. The van der Waals surface area contributed by atoms with Gasteiger partial charge in [0.2, 0.25) is 5.91 Å². The highest BCUT2D eigenvalue weighted by molar-refractivity contribution is 7.08. The minimum Gasteiger partial charge on any atom is -0.493 e. The van der Waals surface area contributed by atoms with Gasteiger partial charge in [-0.25, -0.2) is 0 Å². The Morgan fingerprint density at radius 2 is 1.83 bits per heavy atom. The number of piperazine rings is 1. The minimum atomic E-state index is -0.0245. The predicted molar refractivity (Wildman–Crippen MR) is 113 cm³/mol. The molecule has 7 nitrogen and oxygen atoms in total. The van der Waals surface area contributed by atoms with Crippen molar-refractivity contribution in [2.45, 2.75) is 6.42 Å². The molecule has 1 aliphatic heterocycles. The first-order valence-electron chi connectivity index (χ1n) is 9.62. The van der Waals surface area contributed by atoms with Gasteiger partial charge in [-0.05, 0) is 29.1 Å². The van der Waals surface area contributed by atoms with Crippen molar-refractivity contribution in [3.8, 4) is 11.5 Å². The molecule has 1 aliphatic rings. The highest BCUT2D eigenvalue weighted by Crippen LogP contribution is 2.27. The predicted octanol–water partition coefficient (Wildman–Crippen LogP) is 1.88. The van der Waals surface area contributed by atoms with Crippen LogP contribution in [-0.4, -0.2) is 75.1 Å². The molecule has 0 atom stereocenters. The molecule has 8 heteroatoms. The second-order valence-electron chi connectivity index (χ2n) is 6.86. The molecular weight excluding hydrogens is 390 g/mol. The van der Waals surface area contributed by atoms with Gasteiger partial charge in [0.05, 0.1) is 26.2 Å². The smallest absolute Gasteiger partial charge is 0.254 e. The van der Waals surface area contributed by atoms with E-state index in [9.17, 15) is 9.59 Å². The van der Waals surface area contributed by atoms with Gasteiger partial charge in [-0.3, -0.25) is 14.5 Å². The lowest BCUT2D eigenvalue weighted by Gasteiger charge is -2.34. The van der Waals surface area contributed by atoms with Crippen LogP contribution in [0.2, 0.25) is 0 Å². The second kappa shape index (κ2) is 10.3. The summed E-state index contributed by atoms with van der Waals surface area (Å²) in [5.74, 6) is 1.35. The number of hydrogen-bond acceptors (Lipinski definition) is 6. The molecule has 156 valence electrons. The SMILES string of the molecule is COc1ccc(CC(=O)NCCN2CCN(C(=O)c3ccsc3)CC2)cc1OC. The van der Waals surface area contributed by atoms with Gasteiger partial charge in [0, 0.05) is 44.6 Å². The lowest BCUT2D eigenvalue weighted by Crippen LogP contribution is -2.50. The molecule has 1 N–H and O–H groups in total. The molecule has 1 saturated heterocycles. The first-order chi connectivity index (χ1) is 14.1. The fourth-order valence-corrected chi connectivity index (χ4v) is 3.96. The third-order valence-electron chi connectivity index (χ3n) is 4.99. The van der Waals surface area contributed by atoms with Crippen LogP contribution in [0.5, 0.6) is 11.5 Å². The summed E-state index contributed by atoms with van der Waals surface area (Å²) >= 11 is 1.54. The van der Waals surface area contributed by atoms with Crippen molar-refractivity contribution in [1.29, 1.82) is 0 Å². The summed E-state index contributed by atoms with van der Waals surface area (Å²) in [6.07, 6.45) is 0.295. The second-order valence-corrected chi connectivity index (χ2v) is 7.64. The van der Waals surface area contributed by atoms with Crippen LogP contribution in [0, 0.1) is 0 Å². The third kappa shape index (κ3) is 5.71. The monoisotopic (exact) mass is 417 g/mol. The van der Waals surface area contributed by atoms with Gasteiger partial charge in [0.1, 0.15) is 0 Å². The maximum absolute atomic E-state index is 12.4. The number of methoxy groups -OCH3 is 2. The summed E-state index contributed by atoms with van der Waals surface area (Å²) in [6.45, 7) is 4.44. The highest BCUT2D eigenvalue weighted by Gasteiger charge is 2.22. The summed E-state index contributed by atoms with van der Waals surface area (Å²) in [5.41, 5.74) is 1.64. The van der Waals surface area contributed by atoms with Crippen LogP contribution >= 0.6 is 11.3 Å². The Kier molecular flexibility index (Phi) is 7.48. The number of nitrogens with zero attached hydrogens (tertiary/aromatic N) is 2. The van der Waals surface area contributed by atoms with E-state index in [-0.39, 0.29) is 11.8 Å². The van der Waals surface area contributed by atoms with Crippen LogP contribution in [0.4, 0.5) is 0 Å². The maximum atomic E-state index is 12.4. The topological polar surface area (TPSA) is 71.1 Å². The maximum Gasteiger partial charge on any atom is 0.254 e. The lowest BCUT2D eigenvalue weighted by molar-refractivity contribution is -0.120. The average Bonchev–Trinajstić information content (AvgIpc) is 3.28. The summed E-state index contributed by atoms with van der Waals surface area (Å²) in [5, 5.41) is 6.79. The zero-order valence-corrected chi connectivity index (χ0v) is 17.7. The van der Waals surface area contributed by atoms with E-state index in [1.54, 1.807) is 20.3 Å². The van der Waals surface area contributed by atoms with Gasteiger partial charge in [0.25, 0.3) is 5.91 Å². The fraction of sp³-hybridized carbons (Fsp3) is 0.429. The molecule has 2 heterocycles. The van der Waals surface area contributed by atoms with E-state index in [1.807, 2.05) is 33.9 Å². The van der Waals surface area contributed by atoms with E-state index in [1.165, 1.54) is 11.3 Å². The Morgan fingerprint density at radius 1 is 1.07 bits per heavy atom. The van der Waals surface area contributed by atoms with Crippen LogP contribution < -0.4 is 14.8 Å². The molecule has 1 aromatic carbocycles. The highest BCUT2D eigenvalue weighted by atomic mass is 32.1. The van der Waals surface area contributed by atoms with Crippen molar-refractivity contribution in [2.75, 3.05) is 53.5 Å². The Morgan fingerprint density at radius 3 is 2.48 bits per heavy atom. The molecule has 2 amide bonds. The molecule has 0 saturated carbocycles. The number of benzene rings is 1. The number of carbonyl (C=O) groups excluding carboxylic acids is 2. The van der Waals surface area contributed by atoms with Gasteiger partial charge in [-0.1, -0.05) is 6.07 Å². The fourth-order valence-electron chi connectivity index (χ4n) is 3.34. The number of hydrogen-bond donors (Lipinski definition) is 1. The van der Waals surface area contributed by atoms with Crippen LogP contribution in [-0.2, 0) is 11.2 Å². The molecule has 0 aliphatic carbocycles. The minimum absolute atomic E-state index is 0.0245. The zero-order chi connectivity index (χ0) is 20.6. The largest absolute Gasteiger partial charge is 0.493 e. The van der Waals surface area contributed by atoms with E-state index < -0.39 is 0 Å². The Labute approximate surface area is 175 Å². The summed E-state index contributed by atoms with van der Waals surface area (Å²) in [7, 11) is 3.16. The van der Waals surface area contributed by atoms with E-state index in [2.05, 4.69) is 10.2 Å². The first-order valence-corrected chi connectivity index (χ1v) is 10.6. The Balaban J connectivity index is 1.37. The van der Waals surface area contributed by atoms with Crippen LogP contribution in [0.25, 0.3) is 0 Å². The number of ether oxygens (including phenoxy) is 2. The van der Waals surface area contributed by atoms with Crippen molar-refractivity contribution < 1.29 is 19.1 Å². The standard InChI is InChI=1S/C21H27N3O4S/c1-27-18-4-3-16(13-19(18)28-2)14-20(25)22-6-7-23-8-10-24(11-9-23)21(26)17-5-12-29-15-17/h3-5,12-13,15H,6-11,14H2,1-2H3,(H,22,25). The molecule has 0 radical (unpaired) electrons. The quantitative estimate of drug-likeness (QED) is 0.710. The third-order valence-corrected chi connectivity index (χ3v) is 5.67. The molecule has 1 fully saturated rings. The van der Waals surface area contributed by atoms with Gasteiger partial charge >= 0.3 is 0 Å². The Bertz CT molecular complexity index is 817. The van der Waals surface area contributed by atoms with Gasteiger partial charge in [0.15, 0.2) is 11.5 Å². The summed E-state index contributed by atoms with van der Waals surface area (Å²) in [4.78, 5) is 28.8. The molecule has 0 unspecified atom stereocenters. The van der Waals surface area contributed by atoms with Crippen molar-refractivity contribution in [1.82, 2.24) is 15.1 Å². The van der Waals surface area contributed by atoms with Crippen molar-refractivity contribution >= 4 is 23.2 Å².